The van der Waals surface area contributed by atoms with Crippen LogP contribution in [-0.4, -0.2) is 25.4 Å². The zero-order valence-electron chi connectivity index (χ0n) is 17.8. The molecule has 0 saturated heterocycles. The number of imidazole rings is 1. The number of aromatic nitrogens is 3. The van der Waals surface area contributed by atoms with Gasteiger partial charge in [-0.2, -0.15) is 0 Å². The number of carboxylic acid groups (broad SMARTS) is 1. The van der Waals surface area contributed by atoms with Gasteiger partial charge in [-0.1, -0.05) is 12.5 Å². The van der Waals surface area contributed by atoms with Crippen LogP contribution < -0.4 is 10.5 Å². The molecular weight excluding hydrogens is 423 g/mol. The van der Waals surface area contributed by atoms with Crippen LogP contribution in [0.4, 0.5) is 10.2 Å². The predicted octanol–water partition coefficient (Wildman–Crippen LogP) is 5.27. The van der Waals surface area contributed by atoms with E-state index in [1.165, 1.54) is 12.1 Å². The first-order valence-electron chi connectivity index (χ1n) is 10.9. The lowest BCUT2D eigenvalue weighted by atomic mass is 9.81. The van der Waals surface area contributed by atoms with E-state index in [-0.39, 0.29) is 17.7 Å². The summed E-state index contributed by atoms with van der Waals surface area (Å²) < 4.78 is 21.1. The van der Waals surface area contributed by atoms with E-state index in [1.807, 2.05) is 22.7 Å². The minimum Gasteiger partial charge on any atom is -0.481 e. The second-order valence-electron chi connectivity index (χ2n) is 8.33. The van der Waals surface area contributed by atoms with Gasteiger partial charge in [0.2, 0.25) is 0 Å². The molecular formula is C25H23FN4O3. The van der Waals surface area contributed by atoms with Crippen molar-refractivity contribution in [2.24, 2.45) is 5.92 Å². The van der Waals surface area contributed by atoms with Crippen molar-refractivity contribution in [1.29, 1.82) is 0 Å². The summed E-state index contributed by atoms with van der Waals surface area (Å²) in [6.45, 7) is 0. The van der Waals surface area contributed by atoms with Gasteiger partial charge in [0.15, 0.2) is 0 Å². The third-order valence-electron chi connectivity index (χ3n) is 6.16. The van der Waals surface area contributed by atoms with Gasteiger partial charge in [-0.25, -0.2) is 14.4 Å². The molecule has 0 aliphatic heterocycles. The minimum absolute atomic E-state index is 0.0264. The summed E-state index contributed by atoms with van der Waals surface area (Å²) in [6, 6.07) is 13.3. The summed E-state index contributed by atoms with van der Waals surface area (Å²) in [7, 11) is 0. The van der Waals surface area contributed by atoms with Crippen molar-refractivity contribution in [2.45, 2.75) is 31.6 Å². The van der Waals surface area contributed by atoms with Crippen LogP contribution in [0.5, 0.6) is 11.5 Å². The van der Waals surface area contributed by atoms with Gasteiger partial charge < -0.3 is 15.6 Å². The number of carboxylic acids is 1. The van der Waals surface area contributed by atoms with Crippen LogP contribution >= 0.6 is 0 Å². The molecule has 1 aliphatic carbocycles. The lowest BCUT2D eigenvalue weighted by Gasteiger charge is -2.25. The van der Waals surface area contributed by atoms with E-state index in [0.29, 0.717) is 41.4 Å². The molecule has 2 unspecified atom stereocenters. The molecule has 1 saturated carbocycles. The molecule has 3 N–H and O–H groups in total. The number of hydrogen-bond acceptors (Lipinski definition) is 5. The topological polar surface area (TPSA) is 103 Å². The van der Waals surface area contributed by atoms with Crippen LogP contribution in [0.3, 0.4) is 0 Å². The molecule has 2 heterocycles. The standard InChI is InChI=1S/C25H23FN4O3/c26-18-5-2-6-20(14-18)33-19-9-7-15(8-10-19)21-22-23(27)28-11-12-30(22)24(29-21)16-3-1-4-17(13-16)25(31)32/h2,5-12,14,16-17H,1,3-4,13H2,(H2,27,28)(H,31,32). The molecule has 2 aromatic heterocycles. The van der Waals surface area contributed by atoms with Crippen LogP contribution in [0.1, 0.15) is 37.4 Å². The Morgan fingerprint density at radius 1 is 1.15 bits per heavy atom. The number of ether oxygens (including phenoxy) is 1. The van der Waals surface area contributed by atoms with Gasteiger partial charge in [-0.3, -0.25) is 9.20 Å². The van der Waals surface area contributed by atoms with Crippen LogP contribution in [0.2, 0.25) is 0 Å². The number of carbonyl (C=O) groups is 1. The molecule has 168 valence electrons. The van der Waals surface area contributed by atoms with Crippen LogP contribution in [0.25, 0.3) is 16.8 Å². The summed E-state index contributed by atoms with van der Waals surface area (Å²) in [4.78, 5) is 20.7. The van der Waals surface area contributed by atoms with Crippen molar-refractivity contribution < 1.29 is 19.0 Å². The zero-order valence-corrected chi connectivity index (χ0v) is 17.8. The lowest BCUT2D eigenvalue weighted by Crippen LogP contribution is -2.22. The fourth-order valence-corrected chi connectivity index (χ4v) is 4.57. The number of aliphatic carboxylic acids is 1. The Balaban J connectivity index is 1.50. The maximum atomic E-state index is 13.4. The summed E-state index contributed by atoms with van der Waals surface area (Å²) in [5, 5.41) is 9.50. The molecule has 2 atom stereocenters. The van der Waals surface area contributed by atoms with Crippen molar-refractivity contribution >= 4 is 17.3 Å². The third kappa shape index (κ3) is 4.11. The molecule has 2 aromatic carbocycles. The first-order chi connectivity index (χ1) is 16.0. The predicted molar refractivity (Wildman–Crippen MR) is 122 cm³/mol. The van der Waals surface area contributed by atoms with Crippen molar-refractivity contribution in [3.63, 3.8) is 0 Å². The Morgan fingerprint density at radius 2 is 1.97 bits per heavy atom. The number of nitrogen functional groups attached to an aromatic ring is 1. The van der Waals surface area contributed by atoms with E-state index in [2.05, 4.69) is 4.98 Å². The molecule has 1 aliphatic rings. The Labute approximate surface area is 189 Å². The van der Waals surface area contributed by atoms with Crippen molar-refractivity contribution in [2.75, 3.05) is 5.73 Å². The molecule has 0 radical (unpaired) electrons. The Kier molecular flexibility index (Phi) is 5.42. The first kappa shape index (κ1) is 20.9. The number of rotatable bonds is 5. The van der Waals surface area contributed by atoms with E-state index < -0.39 is 5.97 Å². The highest BCUT2D eigenvalue weighted by atomic mass is 19.1. The van der Waals surface area contributed by atoms with Crippen molar-refractivity contribution in [1.82, 2.24) is 14.4 Å². The number of nitrogens with zero attached hydrogens (tertiary/aromatic N) is 3. The number of hydrogen-bond donors (Lipinski definition) is 2. The molecule has 5 rings (SSSR count). The van der Waals surface area contributed by atoms with Gasteiger partial charge >= 0.3 is 5.97 Å². The molecule has 0 amide bonds. The van der Waals surface area contributed by atoms with Crippen LogP contribution in [0, 0.1) is 11.7 Å². The molecule has 8 heteroatoms. The van der Waals surface area contributed by atoms with Gasteiger partial charge in [-0.05, 0) is 55.7 Å². The van der Waals surface area contributed by atoms with Crippen molar-refractivity contribution in [3.8, 4) is 22.8 Å². The minimum atomic E-state index is -0.754. The SMILES string of the molecule is Nc1nccn2c(C3CCCC(C(=O)O)C3)nc(-c3ccc(Oc4cccc(F)c4)cc3)c12. The zero-order chi connectivity index (χ0) is 22.9. The molecule has 33 heavy (non-hydrogen) atoms. The number of halogens is 1. The fraction of sp³-hybridized carbons (Fsp3) is 0.240. The smallest absolute Gasteiger partial charge is 0.306 e. The highest BCUT2D eigenvalue weighted by Gasteiger charge is 2.31. The molecule has 7 nitrogen and oxygen atoms in total. The molecule has 4 aromatic rings. The molecule has 0 spiro atoms. The third-order valence-corrected chi connectivity index (χ3v) is 6.16. The monoisotopic (exact) mass is 446 g/mol. The highest BCUT2D eigenvalue weighted by Crippen LogP contribution is 2.39. The first-order valence-corrected chi connectivity index (χ1v) is 10.9. The van der Waals surface area contributed by atoms with E-state index in [4.69, 9.17) is 15.5 Å². The number of nitrogens with two attached hydrogens (primary N) is 1. The summed E-state index contributed by atoms with van der Waals surface area (Å²) in [5.41, 5.74) is 8.45. The van der Waals surface area contributed by atoms with Gasteiger partial charge in [0.25, 0.3) is 0 Å². The Bertz CT molecular complexity index is 1320. The lowest BCUT2D eigenvalue weighted by molar-refractivity contribution is -0.143. The number of fused-ring (bicyclic) bond motifs is 1. The van der Waals surface area contributed by atoms with Crippen LogP contribution in [0.15, 0.2) is 60.9 Å². The van der Waals surface area contributed by atoms with Gasteiger partial charge in [0.1, 0.15) is 40.2 Å². The fourth-order valence-electron chi connectivity index (χ4n) is 4.57. The second kappa shape index (κ2) is 8.54. The summed E-state index contributed by atoms with van der Waals surface area (Å²) in [5.74, 6) is 0.688. The normalized spacial score (nSPS) is 18.3. The Hall–Kier alpha value is -3.94. The molecule has 1 fully saturated rings. The largest absolute Gasteiger partial charge is 0.481 e. The maximum Gasteiger partial charge on any atom is 0.306 e. The second-order valence-corrected chi connectivity index (χ2v) is 8.33. The van der Waals surface area contributed by atoms with Gasteiger partial charge in [0.05, 0.1) is 5.92 Å². The van der Waals surface area contributed by atoms with Gasteiger partial charge in [-0.15, -0.1) is 0 Å². The number of anilines is 1. The van der Waals surface area contributed by atoms with E-state index in [0.717, 1.165) is 24.2 Å². The summed E-state index contributed by atoms with van der Waals surface area (Å²) in [6.07, 6.45) is 6.42. The maximum absolute atomic E-state index is 13.4. The average Bonchev–Trinajstić information content (AvgIpc) is 3.21. The molecule has 0 bridgehead atoms. The summed E-state index contributed by atoms with van der Waals surface area (Å²) >= 11 is 0. The number of benzene rings is 2. The Morgan fingerprint density at radius 3 is 2.73 bits per heavy atom. The van der Waals surface area contributed by atoms with E-state index >= 15 is 0 Å². The van der Waals surface area contributed by atoms with Crippen LogP contribution in [-0.2, 0) is 4.79 Å². The quantitative estimate of drug-likeness (QED) is 0.433. The average molecular weight is 446 g/mol. The highest BCUT2D eigenvalue weighted by molar-refractivity contribution is 5.85. The van der Waals surface area contributed by atoms with Crippen molar-refractivity contribution in [3.05, 3.63) is 72.6 Å². The van der Waals surface area contributed by atoms with E-state index in [9.17, 15) is 14.3 Å². The van der Waals surface area contributed by atoms with E-state index in [1.54, 1.807) is 30.5 Å². The van der Waals surface area contributed by atoms with Gasteiger partial charge in [0, 0.05) is 29.9 Å².